The van der Waals surface area contributed by atoms with Crippen molar-refractivity contribution in [1.82, 2.24) is 4.98 Å². The Kier molecular flexibility index (Phi) is 4.89. The van der Waals surface area contributed by atoms with E-state index in [0.717, 1.165) is 5.03 Å². The van der Waals surface area contributed by atoms with E-state index in [4.69, 9.17) is 0 Å². The van der Waals surface area contributed by atoms with E-state index in [-0.39, 0.29) is 17.3 Å². The summed E-state index contributed by atoms with van der Waals surface area (Å²) in [7, 11) is 0. The SMILES string of the molecule is C[C@@H](Sc1ccccn1)C(=O)Nc1ccccc1[N+](=O)[O-]. The lowest BCUT2D eigenvalue weighted by atomic mass is 10.2. The second kappa shape index (κ2) is 6.85. The molecule has 0 aliphatic rings. The van der Waals surface area contributed by atoms with Crippen LogP contribution in [-0.2, 0) is 4.79 Å². The molecule has 6 nitrogen and oxygen atoms in total. The van der Waals surface area contributed by atoms with E-state index >= 15 is 0 Å². The van der Waals surface area contributed by atoms with Crippen LogP contribution in [0.15, 0.2) is 53.7 Å². The molecule has 21 heavy (non-hydrogen) atoms. The van der Waals surface area contributed by atoms with Gasteiger partial charge in [0.05, 0.1) is 15.2 Å². The molecule has 7 heteroatoms. The number of anilines is 1. The van der Waals surface area contributed by atoms with Gasteiger partial charge in [0.1, 0.15) is 5.69 Å². The van der Waals surface area contributed by atoms with E-state index in [1.54, 1.807) is 37.4 Å². The average Bonchev–Trinajstić information content (AvgIpc) is 2.48. The number of nitrogens with one attached hydrogen (secondary N) is 1. The molecule has 0 fully saturated rings. The minimum Gasteiger partial charge on any atom is -0.319 e. The Hall–Kier alpha value is -2.41. The molecule has 0 radical (unpaired) electrons. The van der Waals surface area contributed by atoms with Crippen LogP contribution >= 0.6 is 11.8 Å². The number of hydrogen-bond acceptors (Lipinski definition) is 5. The highest BCUT2D eigenvalue weighted by molar-refractivity contribution is 8.00. The molecule has 1 N–H and O–H groups in total. The number of benzene rings is 1. The predicted molar refractivity (Wildman–Crippen MR) is 81.3 cm³/mol. The Morgan fingerprint density at radius 1 is 1.29 bits per heavy atom. The van der Waals surface area contributed by atoms with E-state index in [9.17, 15) is 14.9 Å². The van der Waals surface area contributed by atoms with Crippen molar-refractivity contribution in [2.75, 3.05) is 5.32 Å². The Morgan fingerprint density at radius 3 is 2.67 bits per heavy atom. The predicted octanol–water partition coefficient (Wildman–Crippen LogP) is 3.11. The fourth-order valence-corrected chi connectivity index (χ4v) is 2.43. The Balaban J connectivity index is 2.06. The van der Waals surface area contributed by atoms with Gasteiger partial charge in [0.15, 0.2) is 0 Å². The summed E-state index contributed by atoms with van der Waals surface area (Å²) in [5.74, 6) is -0.306. The van der Waals surface area contributed by atoms with Crippen LogP contribution in [0.1, 0.15) is 6.92 Å². The van der Waals surface area contributed by atoms with Crippen LogP contribution in [0.3, 0.4) is 0 Å². The molecule has 0 aliphatic carbocycles. The molecule has 1 atom stereocenters. The smallest absolute Gasteiger partial charge is 0.292 e. The van der Waals surface area contributed by atoms with Crippen molar-refractivity contribution in [3.63, 3.8) is 0 Å². The number of rotatable bonds is 5. The fourth-order valence-electron chi connectivity index (χ4n) is 1.62. The summed E-state index contributed by atoms with van der Waals surface area (Å²) < 4.78 is 0. The van der Waals surface area contributed by atoms with E-state index in [0.29, 0.717) is 0 Å². The average molecular weight is 303 g/mol. The van der Waals surface area contributed by atoms with Crippen molar-refractivity contribution >= 4 is 29.0 Å². The van der Waals surface area contributed by atoms with Crippen LogP contribution < -0.4 is 5.32 Å². The summed E-state index contributed by atoms with van der Waals surface area (Å²) in [6.45, 7) is 1.73. The van der Waals surface area contributed by atoms with Crippen molar-refractivity contribution in [3.8, 4) is 0 Å². The van der Waals surface area contributed by atoms with Crippen LogP contribution in [0.25, 0.3) is 0 Å². The van der Waals surface area contributed by atoms with E-state index < -0.39 is 10.2 Å². The number of para-hydroxylation sites is 2. The summed E-state index contributed by atoms with van der Waals surface area (Å²) in [5.41, 5.74) is 0.0712. The van der Waals surface area contributed by atoms with Crippen molar-refractivity contribution in [2.45, 2.75) is 17.2 Å². The van der Waals surface area contributed by atoms with Crippen LogP contribution in [0, 0.1) is 10.1 Å². The molecular formula is C14H13N3O3S. The number of carbonyl (C=O) groups is 1. The van der Waals surface area contributed by atoms with Gasteiger partial charge in [0, 0.05) is 12.3 Å². The molecule has 2 rings (SSSR count). The quantitative estimate of drug-likeness (QED) is 0.521. The van der Waals surface area contributed by atoms with Crippen molar-refractivity contribution in [2.24, 2.45) is 0 Å². The molecule has 1 heterocycles. The van der Waals surface area contributed by atoms with E-state index in [1.807, 2.05) is 6.07 Å². The summed E-state index contributed by atoms with van der Waals surface area (Å²) in [5, 5.41) is 13.8. The van der Waals surface area contributed by atoms with Gasteiger partial charge in [-0.05, 0) is 25.1 Å². The van der Waals surface area contributed by atoms with Gasteiger partial charge in [-0.3, -0.25) is 14.9 Å². The van der Waals surface area contributed by atoms with Gasteiger partial charge < -0.3 is 5.32 Å². The van der Waals surface area contributed by atoms with Gasteiger partial charge in [0.25, 0.3) is 5.69 Å². The molecule has 0 bridgehead atoms. The number of nitro groups is 1. The maximum absolute atomic E-state index is 12.1. The molecule has 108 valence electrons. The Labute approximate surface area is 125 Å². The number of thioether (sulfide) groups is 1. The normalized spacial score (nSPS) is 11.7. The van der Waals surface area contributed by atoms with E-state index in [1.165, 1.54) is 23.9 Å². The fraction of sp³-hybridized carbons (Fsp3) is 0.143. The Bertz CT molecular complexity index is 649. The standard InChI is InChI=1S/C14H13N3O3S/c1-10(21-13-8-4-5-9-15-13)14(18)16-11-6-2-3-7-12(11)17(19)20/h2-10H,1H3,(H,16,18)/t10-/m1/s1. The summed E-state index contributed by atoms with van der Waals surface area (Å²) in [6, 6.07) is 11.5. The first kappa shape index (κ1) is 15.0. The minimum atomic E-state index is -0.522. The van der Waals surface area contributed by atoms with Crippen LogP contribution in [0.4, 0.5) is 11.4 Å². The lowest BCUT2D eigenvalue weighted by Crippen LogP contribution is -2.23. The zero-order valence-corrected chi connectivity index (χ0v) is 12.0. The molecule has 0 saturated carbocycles. The van der Waals surface area contributed by atoms with Crippen LogP contribution in [0.5, 0.6) is 0 Å². The third-order valence-electron chi connectivity index (χ3n) is 2.66. The Morgan fingerprint density at radius 2 is 2.00 bits per heavy atom. The number of nitrogens with zero attached hydrogens (tertiary/aromatic N) is 2. The third-order valence-corrected chi connectivity index (χ3v) is 3.71. The first-order valence-corrected chi connectivity index (χ1v) is 7.08. The second-order valence-electron chi connectivity index (χ2n) is 4.19. The van der Waals surface area contributed by atoms with E-state index in [2.05, 4.69) is 10.3 Å². The third kappa shape index (κ3) is 4.03. The number of nitro benzene ring substituents is 1. The summed E-state index contributed by atoms with van der Waals surface area (Å²) >= 11 is 1.29. The monoisotopic (exact) mass is 303 g/mol. The van der Waals surface area contributed by atoms with Gasteiger partial charge in [-0.25, -0.2) is 4.98 Å². The molecule has 1 amide bonds. The lowest BCUT2D eigenvalue weighted by Gasteiger charge is -2.11. The first-order chi connectivity index (χ1) is 10.1. The molecule has 0 aliphatic heterocycles. The zero-order chi connectivity index (χ0) is 15.2. The number of aromatic nitrogens is 1. The molecule has 0 spiro atoms. The molecule has 1 aromatic heterocycles. The molecule has 0 saturated heterocycles. The highest BCUT2D eigenvalue weighted by atomic mass is 32.2. The van der Waals surface area contributed by atoms with Gasteiger partial charge in [-0.1, -0.05) is 30.0 Å². The molecular weight excluding hydrogens is 290 g/mol. The maximum atomic E-state index is 12.1. The van der Waals surface area contributed by atoms with Crippen molar-refractivity contribution in [1.29, 1.82) is 0 Å². The zero-order valence-electron chi connectivity index (χ0n) is 11.2. The highest BCUT2D eigenvalue weighted by Crippen LogP contribution is 2.26. The minimum absolute atomic E-state index is 0.124. The van der Waals surface area contributed by atoms with Crippen molar-refractivity contribution < 1.29 is 9.72 Å². The summed E-state index contributed by atoms with van der Waals surface area (Å²) in [4.78, 5) is 26.6. The summed E-state index contributed by atoms with van der Waals surface area (Å²) in [6.07, 6.45) is 1.65. The van der Waals surface area contributed by atoms with Crippen LogP contribution in [-0.4, -0.2) is 21.1 Å². The highest BCUT2D eigenvalue weighted by Gasteiger charge is 2.19. The number of carbonyl (C=O) groups excluding carboxylic acids is 1. The van der Waals surface area contributed by atoms with Gasteiger partial charge >= 0.3 is 0 Å². The number of amides is 1. The lowest BCUT2D eigenvalue weighted by molar-refractivity contribution is -0.383. The van der Waals surface area contributed by atoms with Gasteiger partial charge in [-0.15, -0.1) is 0 Å². The maximum Gasteiger partial charge on any atom is 0.292 e. The van der Waals surface area contributed by atoms with Gasteiger partial charge in [0.2, 0.25) is 5.91 Å². The molecule has 0 unspecified atom stereocenters. The largest absolute Gasteiger partial charge is 0.319 e. The van der Waals surface area contributed by atoms with Crippen LogP contribution in [0.2, 0.25) is 0 Å². The number of hydrogen-bond donors (Lipinski definition) is 1. The van der Waals surface area contributed by atoms with Crippen molar-refractivity contribution in [3.05, 3.63) is 58.8 Å². The second-order valence-corrected chi connectivity index (χ2v) is 5.55. The number of pyridine rings is 1. The first-order valence-electron chi connectivity index (χ1n) is 6.20. The topological polar surface area (TPSA) is 85.1 Å². The van der Waals surface area contributed by atoms with Gasteiger partial charge in [-0.2, -0.15) is 0 Å². The molecule has 2 aromatic rings. The molecule has 1 aromatic carbocycles.